The Balaban J connectivity index is 1.67. The molecule has 1 aromatic carbocycles. The number of hydrogen-bond acceptors (Lipinski definition) is 4. The van der Waals surface area contributed by atoms with Crippen LogP contribution < -0.4 is 10.1 Å². The fraction of sp³-hybridized carbons (Fsp3) is 0.444. The number of nitrogens with one attached hydrogen (secondary N) is 2. The molecule has 3 rings (SSSR count). The highest BCUT2D eigenvalue weighted by molar-refractivity contribution is 6.01. The summed E-state index contributed by atoms with van der Waals surface area (Å²) >= 11 is 0. The predicted molar refractivity (Wildman–Crippen MR) is 93.7 cm³/mol. The van der Waals surface area contributed by atoms with Crippen LogP contribution in [-0.2, 0) is 4.84 Å². The fourth-order valence-corrected chi connectivity index (χ4v) is 2.86. The van der Waals surface area contributed by atoms with Crippen molar-refractivity contribution >= 4 is 22.5 Å². The summed E-state index contributed by atoms with van der Waals surface area (Å²) in [5, 5.41) is 8.00. The summed E-state index contributed by atoms with van der Waals surface area (Å²) in [7, 11) is 1.63. The van der Waals surface area contributed by atoms with Crippen LogP contribution in [0.1, 0.15) is 36.3 Å². The average Bonchev–Trinajstić information content (AvgIpc) is 3.17. The molecule has 0 bridgehead atoms. The lowest BCUT2D eigenvalue weighted by molar-refractivity contribution is 0.0751. The van der Waals surface area contributed by atoms with E-state index in [-0.39, 0.29) is 12.0 Å². The van der Waals surface area contributed by atoms with Crippen LogP contribution in [0.15, 0.2) is 23.4 Å². The second kappa shape index (κ2) is 6.55. The number of hydrogen-bond donors (Lipinski definition) is 2. The highest BCUT2D eigenvalue weighted by Crippen LogP contribution is 2.26. The van der Waals surface area contributed by atoms with Crippen LogP contribution in [0.25, 0.3) is 10.9 Å². The number of nitrogens with zero attached hydrogens (tertiary/aromatic N) is 1. The molecular formula is C18H23N3O3. The minimum Gasteiger partial charge on any atom is -0.497 e. The number of H-pyrrole nitrogens is 1. The number of amides is 1. The van der Waals surface area contributed by atoms with Crippen LogP contribution in [0.4, 0.5) is 0 Å². The van der Waals surface area contributed by atoms with E-state index in [1.165, 1.54) is 0 Å². The van der Waals surface area contributed by atoms with Gasteiger partial charge in [-0.3, -0.25) is 4.79 Å². The zero-order valence-corrected chi connectivity index (χ0v) is 14.5. The van der Waals surface area contributed by atoms with Gasteiger partial charge in [0.15, 0.2) is 0 Å². The molecule has 0 fully saturated rings. The molecule has 0 spiro atoms. The summed E-state index contributed by atoms with van der Waals surface area (Å²) in [5.74, 6) is 1.01. The molecule has 1 aromatic heterocycles. The molecular weight excluding hydrogens is 306 g/mol. The maximum atomic E-state index is 12.5. The Morgan fingerprint density at radius 1 is 1.50 bits per heavy atom. The molecule has 1 amide bonds. The molecule has 2 heterocycles. The Morgan fingerprint density at radius 2 is 2.29 bits per heavy atom. The van der Waals surface area contributed by atoms with Gasteiger partial charge in [0.2, 0.25) is 0 Å². The molecule has 1 aliphatic rings. The molecule has 0 aliphatic carbocycles. The maximum absolute atomic E-state index is 12.5. The normalized spacial score (nSPS) is 17.0. The van der Waals surface area contributed by atoms with E-state index in [0.29, 0.717) is 18.2 Å². The van der Waals surface area contributed by atoms with Crippen molar-refractivity contribution in [1.82, 2.24) is 10.3 Å². The number of aromatic nitrogens is 1. The number of carbonyl (C=O) groups is 1. The summed E-state index contributed by atoms with van der Waals surface area (Å²) in [5.41, 5.74) is 3.44. The fourth-order valence-electron chi connectivity index (χ4n) is 2.86. The van der Waals surface area contributed by atoms with Gasteiger partial charge in [-0.05, 0) is 36.6 Å². The number of carbonyl (C=O) groups excluding carboxylic acids is 1. The standard InChI is InChI=1S/C18H23N3O3/c1-10(2)16-8-13(24-21-16)9-19-18(22)17-11(3)14-7-12(23-4)5-6-15(14)20-17/h5-7,10,13,20H,8-9H2,1-4H3,(H,19,22). The first kappa shape index (κ1) is 16.4. The summed E-state index contributed by atoms with van der Waals surface area (Å²) in [6, 6.07) is 5.72. The number of benzene rings is 1. The first-order valence-corrected chi connectivity index (χ1v) is 8.16. The van der Waals surface area contributed by atoms with Crippen LogP contribution in [0.2, 0.25) is 0 Å². The van der Waals surface area contributed by atoms with Crippen LogP contribution in [-0.4, -0.2) is 36.4 Å². The molecule has 128 valence electrons. The second-order valence-corrected chi connectivity index (χ2v) is 6.42. The molecule has 0 saturated carbocycles. The van der Waals surface area contributed by atoms with Gasteiger partial charge in [-0.2, -0.15) is 0 Å². The van der Waals surface area contributed by atoms with Gasteiger partial charge in [0.05, 0.1) is 19.4 Å². The summed E-state index contributed by atoms with van der Waals surface area (Å²) < 4.78 is 5.25. The third kappa shape index (κ3) is 3.09. The molecule has 6 nitrogen and oxygen atoms in total. The van der Waals surface area contributed by atoms with Gasteiger partial charge < -0.3 is 19.9 Å². The van der Waals surface area contributed by atoms with Crippen LogP contribution in [0.5, 0.6) is 5.75 Å². The van der Waals surface area contributed by atoms with Crippen LogP contribution >= 0.6 is 0 Å². The SMILES string of the molecule is COc1ccc2[nH]c(C(=O)NCC3CC(C(C)C)=NO3)c(C)c2c1. The molecule has 6 heteroatoms. The van der Waals surface area contributed by atoms with E-state index in [0.717, 1.165) is 34.3 Å². The smallest absolute Gasteiger partial charge is 0.268 e. The van der Waals surface area contributed by atoms with Crippen molar-refractivity contribution < 1.29 is 14.4 Å². The van der Waals surface area contributed by atoms with Gasteiger partial charge >= 0.3 is 0 Å². The van der Waals surface area contributed by atoms with Gasteiger partial charge in [0.1, 0.15) is 17.5 Å². The van der Waals surface area contributed by atoms with E-state index in [1.807, 2.05) is 25.1 Å². The van der Waals surface area contributed by atoms with Crippen molar-refractivity contribution in [1.29, 1.82) is 0 Å². The van der Waals surface area contributed by atoms with E-state index in [9.17, 15) is 4.79 Å². The number of fused-ring (bicyclic) bond motifs is 1. The third-order valence-corrected chi connectivity index (χ3v) is 4.41. The Labute approximate surface area is 141 Å². The highest BCUT2D eigenvalue weighted by atomic mass is 16.6. The minimum absolute atomic E-state index is 0.0869. The number of aromatic amines is 1. The lowest BCUT2D eigenvalue weighted by atomic mass is 10.0. The zero-order chi connectivity index (χ0) is 17.3. The van der Waals surface area contributed by atoms with Gasteiger partial charge in [0.25, 0.3) is 5.91 Å². The van der Waals surface area contributed by atoms with Gasteiger partial charge in [-0.25, -0.2) is 0 Å². The number of aryl methyl sites for hydroxylation is 1. The van der Waals surface area contributed by atoms with Gasteiger partial charge in [-0.15, -0.1) is 0 Å². The molecule has 1 unspecified atom stereocenters. The molecule has 24 heavy (non-hydrogen) atoms. The Morgan fingerprint density at radius 3 is 2.96 bits per heavy atom. The largest absolute Gasteiger partial charge is 0.497 e. The lowest BCUT2D eigenvalue weighted by Crippen LogP contribution is -2.33. The Bertz CT molecular complexity index is 792. The van der Waals surface area contributed by atoms with Crippen LogP contribution in [0.3, 0.4) is 0 Å². The van der Waals surface area contributed by atoms with E-state index < -0.39 is 0 Å². The third-order valence-electron chi connectivity index (χ3n) is 4.41. The van der Waals surface area contributed by atoms with Crippen molar-refractivity contribution in [3.05, 3.63) is 29.5 Å². The minimum atomic E-state index is -0.135. The number of methoxy groups -OCH3 is 1. The van der Waals surface area contributed by atoms with Crippen molar-refractivity contribution in [3.8, 4) is 5.75 Å². The van der Waals surface area contributed by atoms with Crippen molar-refractivity contribution in [2.24, 2.45) is 11.1 Å². The predicted octanol–water partition coefficient (Wildman–Crippen LogP) is 3.02. The van der Waals surface area contributed by atoms with E-state index in [2.05, 4.69) is 29.3 Å². The average molecular weight is 329 g/mol. The second-order valence-electron chi connectivity index (χ2n) is 6.42. The number of oxime groups is 1. The molecule has 0 radical (unpaired) electrons. The highest BCUT2D eigenvalue weighted by Gasteiger charge is 2.24. The maximum Gasteiger partial charge on any atom is 0.268 e. The molecule has 1 atom stereocenters. The van der Waals surface area contributed by atoms with E-state index in [1.54, 1.807) is 7.11 Å². The lowest BCUT2D eigenvalue weighted by Gasteiger charge is -2.10. The van der Waals surface area contributed by atoms with Gasteiger partial charge in [0, 0.05) is 17.3 Å². The Kier molecular flexibility index (Phi) is 4.46. The summed E-state index contributed by atoms with van der Waals surface area (Å²) in [4.78, 5) is 21.1. The van der Waals surface area contributed by atoms with Crippen molar-refractivity contribution in [3.63, 3.8) is 0 Å². The summed E-state index contributed by atoms with van der Waals surface area (Å²) in [6.45, 7) is 6.55. The number of ether oxygens (including phenoxy) is 1. The molecule has 2 aromatic rings. The Hall–Kier alpha value is -2.50. The molecule has 2 N–H and O–H groups in total. The monoisotopic (exact) mass is 329 g/mol. The summed E-state index contributed by atoms with van der Waals surface area (Å²) in [6.07, 6.45) is 0.678. The topological polar surface area (TPSA) is 75.7 Å². The first-order valence-electron chi connectivity index (χ1n) is 8.16. The molecule has 0 saturated heterocycles. The van der Waals surface area contributed by atoms with Gasteiger partial charge in [-0.1, -0.05) is 19.0 Å². The zero-order valence-electron chi connectivity index (χ0n) is 14.5. The molecule has 1 aliphatic heterocycles. The quantitative estimate of drug-likeness (QED) is 0.885. The van der Waals surface area contributed by atoms with E-state index >= 15 is 0 Å². The van der Waals surface area contributed by atoms with E-state index in [4.69, 9.17) is 9.57 Å². The number of rotatable bonds is 5. The van der Waals surface area contributed by atoms with Crippen molar-refractivity contribution in [2.45, 2.75) is 33.3 Å². The van der Waals surface area contributed by atoms with Crippen LogP contribution in [0, 0.1) is 12.8 Å². The first-order chi connectivity index (χ1) is 11.5. The van der Waals surface area contributed by atoms with Crippen molar-refractivity contribution in [2.75, 3.05) is 13.7 Å².